The first-order valence-electron chi connectivity index (χ1n) is 6.21. The van der Waals surface area contributed by atoms with Gasteiger partial charge in [-0.1, -0.05) is 20.8 Å². The predicted molar refractivity (Wildman–Crippen MR) is 65.7 cm³/mol. The molecule has 0 bridgehead atoms. The van der Waals surface area contributed by atoms with Gasteiger partial charge in [0, 0.05) is 13.0 Å². The number of rotatable bonds is 3. The zero-order chi connectivity index (χ0) is 13.3. The van der Waals surface area contributed by atoms with Crippen LogP contribution >= 0.6 is 0 Å². The van der Waals surface area contributed by atoms with Crippen LogP contribution in [0.4, 0.5) is 0 Å². The fraction of sp³-hybridized carbons (Fsp3) is 0.846. The molecule has 0 aromatic carbocycles. The number of carboxylic acids is 1. The average Bonchev–Trinajstić information content (AvgIpc) is 2.57. The van der Waals surface area contributed by atoms with Gasteiger partial charge >= 0.3 is 5.97 Å². The third kappa shape index (κ3) is 3.20. The van der Waals surface area contributed by atoms with Crippen molar-refractivity contribution >= 4 is 11.9 Å². The summed E-state index contributed by atoms with van der Waals surface area (Å²) in [4.78, 5) is 24.9. The SMILES string of the molecule is CC(C)(C)CCC(=O)N1CCCC1(C)C(=O)O. The Labute approximate surface area is 103 Å². The highest BCUT2D eigenvalue weighted by Crippen LogP contribution is 2.31. The van der Waals surface area contributed by atoms with Gasteiger partial charge in [-0.25, -0.2) is 4.79 Å². The van der Waals surface area contributed by atoms with Gasteiger partial charge in [0.2, 0.25) is 5.91 Å². The van der Waals surface area contributed by atoms with Gasteiger partial charge in [-0.3, -0.25) is 4.79 Å². The summed E-state index contributed by atoms with van der Waals surface area (Å²) < 4.78 is 0. The van der Waals surface area contributed by atoms with Crippen LogP contribution in [0.1, 0.15) is 53.4 Å². The Kier molecular flexibility index (Phi) is 3.84. The van der Waals surface area contributed by atoms with Crippen molar-refractivity contribution < 1.29 is 14.7 Å². The Morgan fingerprint density at radius 2 is 1.94 bits per heavy atom. The molecule has 1 aliphatic heterocycles. The molecule has 0 aliphatic carbocycles. The molecule has 0 saturated carbocycles. The summed E-state index contributed by atoms with van der Waals surface area (Å²) >= 11 is 0. The number of carbonyl (C=O) groups is 2. The van der Waals surface area contributed by atoms with Crippen molar-refractivity contribution in [3.8, 4) is 0 Å². The number of nitrogens with zero attached hydrogens (tertiary/aromatic N) is 1. The molecule has 1 fully saturated rings. The van der Waals surface area contributed by atoms with E-state index in [1.807, 2.05) is 0 Å². The molecule has 0 spiro atoms. The largest absolute Gasteiger partial charge is 0.480 e. The van der Waals surface area contributed by atoms with E-state index in [0.717, 1.165) is 12.8 Å². The maximum Gasteiger partial charge on any atom is 0.329 e. The van der Waals surface area contributed by atoms with Crippen LogP contribution in [0, 0.1) is 5.41 Å². The molecule has 1 saturated heterocycles. The summed E-state index contributed by atoms with van der Waals surface area (Å²) in [6.45, 7) is 8.48. The maximum atomic E-state index is 12.1. The second-order valence-electron chi connectivity index (χ2n) is 6.29. The van der Waals surface area contributed by atoms with E-state index in [-0.39, 0.29) is 11.3 Å². The van der Waals surface area contributed by atoms with Crippen LogP contribution in [0.25, 0.3) is 0 Å². The smallest absolute Gasteiger partial charge is 0.329 e. The van der Waals surface area contributed by atoms with E-state index >= 15 is 0 Å². The molecule has 0 radical (unpaired) electrons. The first-order valence-corrected chi connectivity index (χ1v) is 6.21. The van der Waals surface area contributed by atoms with Crippen LogP contribution < -0.4 is 0 Å². The number of hydrogen-bond acceptors (Lipinski definition) is 2. The van der Waals surface area contributed by atoms with E-state index in [1.54, 1.807) is 11.8 Å². The molecule has 1 atom stereocenters. The van der Waals surface area contributed by atoms with Crippen LogP contribution in [-0.2, 0) is 9.59 Å². The molecule has 1 unspecified atom stereocenters. The number of hydrogen-bond donors (Lipinski definition) is 1. The normalized spacial score (nSPS) is 25.1. The summed E-state index contributed by atoms with van der Waals surface area (Å²) in [7, 11) is 0. The second-order valence-corrected chi connectivity index (χ2v) is 6.29. The summed E-state index contributed by atoms with van der Waals surface area (Å²) in [6, 6.07) is 0. The van der Waals surface area contributed by atoms with Crippen molar-refractivity contribution in [2.24, 2.45) is 5.41 Å². The van der Waals surface area contributed by atoms with E-state index < -0.39 is 11.5 Å². The topological polar surface area (TPSA) is 57.6 Å². The van der Waals surface area contributed by atoms with E-state index in [0.29, 0.717) is 19.4 Å². The molecule has 1 N–H and O–H groups in total. The zero-order valence-electron chi connectivity index (χ0n) is 11.2. The van der Waals surface area contributed by atoms with Crippen molar-refractivity contribution in [1.29, 1.82) is 0 Å². The van der Waals surface area contributed by atoms with E-state index in [2.05, 4.69) is 20.8 Å². The number of carbonyl (C=O) groups excluding carboxylic acids is 1. The van der Waals surface area contributed by atoms with E-state index in [1.165, 1.54) is 0 Å². The zero-order valence-corrected chi connectivity index (χ0v) is 11.2. The molecule has 1 amide bonds. The van der Waals surface area contributed by atoms with Crippen molar-refractivity contribution in [2.45, 2.75) is 58.9 Å². The van der Waals surface area contributed by atoms with Gasteiger partial charge in [0.25, 0.3) is 0 Å². The highest BCUT2D eigenvalue weighted by molar-refractivity contribution is 5.87. The molecule has 4 heteroatoms. The Bertz CT molecular complexity index is 319. The second kappa shape index (κ2) is 4.67. The molecular formula is C13H23NO3. The van der Waals surface area contributed by atoms with E-state index in [9.17, 15) is 14.7 Å². The van der Waals surface area contributed by atoms with Crippen molar-refractivity contribution in [3.05, 3.63) is 0 Å². The van der Waals surface area contributed by atoms with Crippen LogP contribution in [0.15, 0.2) is 0 Å². The highest BCUT2D eigenvalue weighted by Gasteiger charge is 2.45. The fourth-order valence-electron chi connectivity index (χ4n) is 2.20. The molecule has 17 heavy (non-hydrogen) atoms. The number of carboxylic acid groups (broad SMARTS) is 1. The minimum absolute atomic E-state index is 0.0256. The van der Waals surface area contributed by atoms with Gasteiger partial charge in [-0.15, -0.1) is 0 Å². The summed E-state index contributed by atoms with van der Waals surface area (Å²) in [5.41, 5.74) is -0.885. The Morgan fingerprint density at radius 1 is 1.35 bits per heavy atom. The Morgan fingerprint density at radius 3 is 2.41 bits per heavy atom. The van der Waals surface area contributed by atoms with Crippen LogP contribution in [-0.4, -0.2) is 34.0 Å². The van der Waals surface area contributed by atoms with Crippen molar-refractivity contribution in [3.63, 3.8) is 0 Å². The third-order valence-electron chi connectivity index (χ3n) is 3.49. The lowest BCUT2D eigenvalue weighted by Gasteiger charge is -2.32. The first-order chi connectivity index (χ1) is 7.67. The van der Waals surface area contributed by atoms with Gasteiger partial charge in [0.1, 0.15) is 5.54 Å². The van der Waals surface area contributed by atoms with Crippen molar-refractivity contribution in [2.75, 3.05) is 6.54 Å². The molecule has 98 valence electrons. The van der Waals surface area contributed by atoms with Gasteiger partial charge in [0.05, 0.1) is 0 Å². The first kappa shape index (κ1) is 14.0. The third-order valence-corrected chi connectivity index (χ3v) is 3.49. The quantitative estimate of drug-likeness (QED) is 0.824. The number of likely N-dealkylation sites (tertiary alicyclic amines) is 1. The highest BCUT2D eigenvalue weighted by atomic mass is 16.4. The standard InChI is InChI=1S/C13H23NO3/c1-12(2,3)8-6-10(15)14-9-5-7-13(14,4)11(16)17/h5-9H2,1-4H3,(H,16,17). The lowest BCUT2D eigenvalue weighted by Crippen LogP contribution is -2.50. The molecule has 1 rings (SSSR count). The minimum atomic E-state index is -0.991. The summed E-state index contributed by atoms with van der Waals surface area (Å²) in [5, 5.41) is 9.23. The van der Waals surface area contributed by atoms with Gasteiger partial charge in [-0.2, -0.15) is 0 Å². The molecule has 0 aromatic rings. The van der Waals surface area contributed by atoms with Crippen LogP contribution in [0.2, 0.25) is 0 Å². The van der Waals surface area contributed by atoms with Gasteiger partial charge < -0.3 is 10.0 Å². The summed E-state index contributed by atoms with van der Waals surface area (Å²) in [5.74, 6) is -0.915. The minimum Gasteiger partial charge on any atom is -0.480 e. The van der Waals surface area contributed by atoms with Crippen molar-refractivity contribution in [1.82, 2.24) is 4.90 Å². The Balaban J connectivity index is 2.66. The number of amides is 1. The lowest BCUT2D eigenvalue weighted by molar-refractivity contribution is -0.155. The van der Waals surface area contributed by atoms with E-state index in [4.69, 9.17) is 0 Å². The molecule has 0 aromatic heterocycles. The molecule has 1 aliphatic rings. The summed E-state index contributed by atoms with van der Waals surface area (Å²) in [6.07, 6.45) is 2.57. The molecule has 4 nitrogen and oxygen atoms in total. The van der Waals surface area contributed by atoms with Crippen LogP contribution in [0.3, 0.4) is 0 Å². The fourth-order valence-corrected chi connectivity index (χ4v) is 2.20. The molecular weight excluding hydrogens is 218 g/mol. The Hall–Kier alpha value is -1.06. The lowest BCUT2D eigenvalue weighted by atomic mass is 9.90. The van der Waals surface area contributed by atoms with Crippen LogP contribution in [0.5, 0.6) is 0 Å². The predicted octanol–water partition coefficient (Wildman–Crippen LogP) is 2.28. The van der Waals surface area contributed by atoms with Gasteiger partial charge in [-0.05, 0) is 31.6 Å². The monoisotopic (exact) mass is 241 g/mol. The maximum absolute atomic E-state index is 12.1. The average molecular weight is 241 g/mol. The molecule has 1 heterocycles. The number of aliphatic carboxylic acids is 1. The van der Waals surface area contributed by atoms with Gasteiger partial charge in [0.15, 0.2) is 0 Å².